The van der Waals surface area contributed by atoms with E-state index in [-0.39, 0.29) is 15.5 Å². The SMILES string of the molecule is C=CCCCCC(C)(CO[Si](c1ccccc1)(c1ccccc1)C(C)(C)C)CO[Si](c1ccccc1)(c1ccccc1)C(C)(C)C. The first-order valence-corrected chi connectivity index (χ1v) is 20.8. The molecule has 0 saturated heterocycles. The van der Waals surface area contributed by atoms with E-state index in [1.807, 2.05) is 6.08 Å². The third kappa shape index (κ3) is 7.74. The van der Waals surface area contributed by atoms with Crippen LogP contribution in [-0.2, 0) is 8.85 Å². The Kier molecular flexibility index (Phi) is 11.9. The van der Waals surface area contributed by atoms with E-state index in [2.05, 4.69) is 176 Å². The van der Waals surface area contributed by atoms with Crippen molar-refractivity contribution in [3.05, 3.63) is 134 Å². The molecule has 0 saturated carbocycles. The molecule has 0 unspecified atom stereocenters. The fraction of sp³-hybridized carbons (Fsp3) is 0.381. The first-order chi connectivity index (χ1) is 21.9. The maximum atomic E-state index is 7.60. The Balaban J connectivity index is 1.80. The summed E-state index contributed by atoms with van der Waals surface area (Å²) >= 11 is 0. The zero-order valence-electron chi connectivity index (χ0n) is 29.4. The molecule has 244 valence electrons. The molecule has 0 aliphatic rings. The van der Waals surface area contributed by atoms with Crippen molar-refractivity contribution >= 4 is 37.4 Å². The van der Waals surface area contributed by atoms with Gasteiger partial charge in [0.05, 0.1) is 0 Å². The number of hydrogen-bond acceptors (Lipinski definition) is 2. The minimum Gasteiger partial charge on any atom is -0.407 e. The minimum atomic E-state index is -2.71. The van der Waals surface area contributed by atoms with Gasteiger partial charge in [-0.3, -0.25) is 0 Å². The molecule has 4 heteroatoms. The summed E-state index contributed by atoms with van der Waals surface area (Å²) in [6.45, 7) is 21.8. The lowest BCUT2D eigenvalue weighted by atomic mass is 9.86. The highest BCUT2D eigenvalue weighted by molar-refractivity contribution is 7.00. The topological polar surface area (TPSA) is 18.5 Å². The van der Waals surface area contributed by atoms with Crippen molar-refractivity contribution < 1.29 is 8.85 Å². The van der Waals surface area contributed by atoms with E-state index in [1.165, 1.54) is 20.7 Å². The van der Waals surface area contributed by atoms with Crippen LogP contribution in [0.15, 0.2) is 134 Å². The standard InChI is InChI=1S/C42H56O2Si2/c1-9-10-11-24-33-42(8,34-43-45(40(2,3)4,36-25-16-12-17-26-36)37-27-18-13-19-28-37)35-44-46(41(5,6)7,38-29-20-14-21-30-38)39-31-22-15-23-32-39/h9,12-23,25-32H,1,10-11,24,33-35H2,2-8H3. The molecule has 46 heavy (non-hydrogen) atoms. The highest BCUT2D eigenvalue weighted by Crippen LogP contribution is 2.41. The molecule has 0 aromatic heterocycles. The summed E-state index contributed by atoms with van der Waals surface area (Å²) in [5.74, 6) is 0. The molecule has 0 radical (unpaired) electrons. The van der Waals surface area contributed by atoms with E-state index in [9.17, 15) is 0 Å². The monoisotopic (exact) mass is 648 g/mol. The maximum absolute atomic E-state index is 7.60. The zero-order valence-corrected chi connectivity index (χ0v) is 31.4. The van der Waals surface area contributed by atoms with Gasteiger partial charge >= 0.3 is 0 Å². The molecule has 0 fully saturated rings. The van der Waals surface area contributed by atoms with Gasteiger partial charge in [-0.15, -0.1) is 6.58 Å². The van der Waals surface area contributed by atoms with Gasteiger partial charge in [0.2, 0.25) is 0 Å². The second-order valence-corrected chi connectivity index (χ2v) is 23.9. The summed E-state index contributed by atoms with van der Waals surface area (Å²) in [4.78, 5) is 0. The highest BCUT2D eigenvalue weighted by Gasteiger charge is 2.53. The lowest BCUT2D eigenvalue weighted by molar-refractivity contribution is 0.0743. The molecular formula is C42H56O2Si2. The van der Waals surface area contributed by atoms with Crippen molar-refractivity contribution in [2.24, 2.45) is 5.41 Å². The average Bonchev–Trinajstić information content (AvgIpc) is 3.04. The Labute approximate surface area is 282 Å². The normalized spacial score (nSPS) is 13.0. The van der Waals surface area contributed by atoms with Crippen LogP contribution in [0.2, 0.25) is 10.1 Å². The first kappa shape index (κ1) is 35.8. The third-order valence-electron chi connectivity index (χ3n) is 9.55. The number of unbranched alkanes of at least 4 members (excludes halogenated alkanes) is 2. The van der Waals surface area contributed by atoms with Crippen LogP contribution < -0.4 is 20.7 Å². The molecule has 4 rings (SSSR count). The summed E-state index contributed by atoms with van der Waals surface area (Å²) in [6.07, 6.45) is 6.32. The predicted molar refractivity (Wildman–Crippen MR) is 204 cm³/mol. The molecule has 0 amide bonds. The van der Waals surface area contributed by atoms with Crippen molar-refractivity contribution in [1.29, 1.82) is 0 Å². The number of allylic oxidation sites excluding steroid dienone is 1. The minimum absolute atomic E-state index is 0.0850. The van der Waals surface area contributed by atoms with E-state index < -0.39 is 16.6 Å². The van der Waals surface area contributed by atoms with Crippen LogP contribution >= 0.6 is 0 Å². The van der Waals surface area contributed by atoms with Crippen LogP contribution in [0.4, 0.5) is 0 Å². The Morgan fingerprint density at radius 1 is 0.500 bits per heavy atom. The fourth-order valence-corrected chi connectivity index (χ4v) is 16.6. The van der Waals surface area contributed by atoms with Gasteiger partial charge in [0.1, 0.15) is 0 Å². The summed E-state index contributed by atoms with van der Waals surface area (Å²) in [7, 11) is -5.43. The Hall–Kier alpha value is -3.03. The Morgan fingerprint density at radius 2 is 0.804 bits per heavy atom. The maximum Gasteiger partial charge on any atom is 0.261 e. The first-order valence-electron chi connectivity index (χ1n) is 17.0. The molecule has 0 aliphatic heterocycles. The highest BCUT2D eigenvalue weighted by atomic mass is 28.4. The summed E-state index contributed by atoms with van der Waals surface area (Å²) < 4.78 is 15.2. The molecule has 2 nitrogen and oxygen atoms in total. The largest absolute Gasteiger partial charge is 0.407 e. The van der Waals surface area contributed by atoms with Crippen LogP contribution in [0.1, 0.15) is 74.1 Å². The van der Waals surface area contributed by atoms with Crippen molar-refractivity contribution in [1.82, 2.24) is 0 Å². The second kappa shape index (κ2) is 15.3. The Bertz CT molecular complexity index is 1290. The molecule has 4 aromatic rings. The van der Waals surface area contributed by atoms with Gasteiger partial charge in [0.15, 0.2) is 0 Å². The summed E-state index contributed by atoms with van der Waals surface area (Å²) in [5.41, 5.74) is -0.193. The van der Waals surface area contributed by atoms with E-state index in [0.717, 1.165) is 25.7 Å². The molecule has 4 aromatic carbocycles. The van der Waals surface area contributed by atoms with Gasteiger partial charge in [0, 0.05) is 18.6 Å². The lowest BCUT2D eigenvalue weighted by Crippen LogP contribution is -2.68. The van der Waals surface area contributed by atoms with E-state index in [1.54, 1.807) is 0 Å². The molecular weight excluding hydrogens is 593 g/mol. The fourth-order valence-electron chi connectivity index (χ4n) is 7.11. The second-order valence-electron chi connectivity index (χ2n) is 15.2. The van der Waals surface area contributed by atoms with Crippen LogP contribution in [0.25, 0.3) is 0 Å². The lowest BCUT2D eigenvalue weighted by Gasteiger charge is -2.47. The average molecular weight is 649 g/mol. The summed E-state index contributed by atoms with van der Waals surface area (Å²) in [6, 6.07) is 44.0. The van der Waals surface area contributed by atoms with Gasteiger partial charge in [-0.1, -0.05) is 182 Å². The van der Waals surface area contributed by atoms with Crippen molar-refractivity contribution in [2.75, 3.05) is 13.2 Å². The van der Waals surface area contributed by atoms with Crippen LogP contribution in [0.3, 0.4) is 0 Å². The van der Waals surface area contributed by atoms with E-state index >= 15 is 0 Å². The predicted octanol–water partition coefficient (Wildman–Crippen LogP) is 8.89. The third-order valence-corrected chi connectivity index (χ3v) is 19.5. The quantitative estimate of drug-likeness (QED) is 0.0728. The number of rotatable bonds is 15. The van der Waals surface area contributed by atoms with E-state index in [4.69, 9.17) is 8.85 Å². The van der Waals surface area contributed by atoms with Crippen LogP contribution in [0.5, 0.6) is 0 Å². The molecule has 0 spiro atoms. The van der Waals surface area contributed by atoms with Gasteiger partial charge in [-0.2, -0.15) is 0 Å². The number of benzene rings is 4. The molecule has 0 bridgehead atoms. The molecule has 0 atom stereocenters. The zero-order chi connectivity index (χ0) is 33.3. The van der Waals surface area contributed by atoms with Crippen molar-refractivity contribution in [3.63, 3.8) is 0 Å². The van der Waals surface area contributed by atoms with Gasteiger partial charge in [-0.05, 0) is 50.1 Å². The van der Waals surface area contributed by atoms with Crippen LogP contribution in [0, 0.1) is 5.41 Å². The van der Waals surface area contributed by atoms with Crippen molar-refractivity contribution in [2.45, 2.75) is 84.2 Å². The Morgan fingerprint density at radius 3 is 1.07 bits per heavy atom. The molecule has 0 aliphatic carbocycles. The van der Waals surface area contributed by atoms with Gasteiger partial charge in [0.25, 0.3) is 16.6 Å². The summed E-state index contributed by atoms with van der Waals surface area (Å²) in [5, 5.41) is 5.09. The van der Waals surface area contributed by atoms with Gasteiger partial charge in [-0.25, -0.2) is 0 Å². The van der Waals surface area contributed by atoms with Crippen molar-refractivity contribution in [3.8, 4) is 0 Å². The van der Waals surface area contributed by atoms with E-state index in [0.29, 0.717) is 13.2 Å². The molecule has 0 N–H and O–H groups in total. The smallest absolute Gasteiger partial charge is 0.261 e. The van der Waals surface area contributed by atoms with Crippen LogP contribution in [-0.4, -0.2) is 29.8 Å². The molecule has 0 heterocycles. The number of hydrogen-bond donors (Lipinski definition) is 0. The van der Waals surface area contributed by atoms with Gasteiger partial charge < -0.3 is 8.85 Å².